The zero-order valence-corrected chi connectivity index (χ0v) is 14.4. The predicted molar refractivity (Wildman–Crippen MR) is 98.2 cm³/mol. The minimum absolute atomic E-state index is 0.470. The molecule has 0 bridgehead atoms. The summed E-state index contributed by atoms with van der Waals surface area (Å²) in [5.41, 5.74) is 6.80. The Kier molecular flexibility index (Phi) is 4.42. The molecule has 0 fully saturated rings. The van der Waals surface area contributed by atoms with E-state index < -0.39 is 0 Å². The van der Waals surface area contributed by atoms with Crippen LogP contribution in [0.15, 0.2) is 42.6 Å². The number of nitrogens with zero attached hydrogens (tertiary/aromatic N) is 3. The topological polar surface area (TPSA) is 62.7 Å². The Morgan fingerprint density at radius 1 is 0.833 bits per heavy atom. The second-order valence-corrected chi connectivity index (χ2v) is 5.98. The maximum absolute atomic E-state index is 4.50. The number of hydrogen-bond donors (Lipinski definition) is 2. The molecule has 1 aromatic heterocycles. The molecule has 1 heterocycles. The van der Waals surface area contributed by atoms with Gasteiger partial charge in [-0.1, -0.05) is 29.8 Å². The number of rotatable bonds is 4. The monoisotopic (exact) mass is 319 g/mol. The molecule has 5 nitrogen and oxygen atoms in total. The van der Waals surface area contributed by atoms with Crippen LogP contribution in [0.3, 0.4) is 0 Å². The van der Waals surface area contributed by atoms with Gasteiger partial charge in [0.1, 0.15) is 0 Å². The van der Waals surface area contributed by atoms with E-state index in [1.165, 1.54) is 16.7 Å². The molecular formula is C19H21N5. The Bertz CT molecular complexity index is 873. The fourth-order valence-electron chi connectivity index (χ4n) is 2.52. The van der Waals surface area contributed by atoms with Crippen LogP contribution in [-0.4, -0.2) is 15.2 Å². The summed E-state index contributed by atoms with van der Waals surface area (Å²) >= 11 is 0. The van der Waals surface area contributed by atoms with Crippen molar-refractivity contribution in [1.29, 1.82) is 0 Å². The summed E-state index contributed by atoms with van der Waals surface area (Å²) in [5, 5.41) is 14.6. The lowest BCUT2D eigenvalue weighted by atomic mass is 10.1. The Hall–Kier alpha value is -2.95. The van der Waals surface area contributed by atoms with Crippen molar-refractivity contribution in [3.63, 3.8) is 0 Å². The Morgan fingerprint density at radius 3 is 2.46 bits per heavy atom. The Labute approximate surface area is 142 Å². The molecule has 0 unspecified atom stereocenters. The van der Waals surface area contributed by atoms with E-state index in [1.54, 1.807) is 6.20 Å². The van der Waals surface area contributed by atoms with Crippen molar-refractivity contribution in [3.8, 4) is 0 Å². The van der Waals surface area contributed by atoms with Crippen LogP contribution in [0.1, 0.15) is 22.3 Å². The van der Waals surface area contributed by atoms with Crippen molar-refractivity contribution in [2.45, 2.75) is 27.7 Å². The van der Waals surface area contributed by atoms with E-state index in [9.17, 15) is 0 Å². The third-order valence-electron chi connectivity index (χ3n) is 4.05. The zero-order valence-electron chi connectivity index (χ0n) is 14.4. The van der Waals surface area contributed by atoms with E-state index >= 15 is 0 Å². The molecule has 2 aromatic carbocycles. The molecule has 0 atom stereocenters. The lowest BCUT2D eigenvalue weighted by Crippen LogP contribution is -2.04. The van der Waals surface area contributed by atoms with Crippen LogP contribution < -0.4 is 10.6 Å². The van der Waals surface area contributed by atoms with Gasteiger partial charge in [-0.05, 0) is 56.5 Å². The Morgan fingerprint density at radius 2 is 1.67 bits per heavy atom. The summed E-state index contributed by atoms with van der Waals surface area (Å²) in [6.45, 7) is 8.30. The molecule has 122 valence electrons. The van der Waals surface area contributed by atoms with Gasteiger partial charge in [-0.15, -0.1) is 5.10 Å². The molecular weight excluding hydrogens is 298 g/mol. The second-order valence-electron chi connectivity index (χ2n) is 5.98. The zero-order chi connectivity index (χ0) is 17.1. The maximum Gasteiger partial charge on any atom is 0.249 e. The fraction of sp³-hybridized carbons (Fsp3) is 0.211. The molecule has 0 radical (unpaired) electrons. The van der Waals surface area contributed by atoms with Gasteiger partial charge in [-0.2, -0.15) is 10.1 Å². The largest absolute Gasteiger partial charge is 0.339 e. The third kappa shape index (κ3) is 3.51. The third-order valence-corrected chi connectivity index (χ3v) is 4.05. The van der Waals surface area contributed by atoms with Gasteiger partial charge >= 0.3 is 0 Å². The van der Waals surface area contributed by atoms with Crippen LogP contribution in [0.5, 0.6) is 0 Å². The summed E-state index contributed by atoms with van der Waals surface area (Å²) < 4.78 is 0. The molecule has 3 aromatic rings. The summed E-state index contributed by atoms with van der Waals surface area (Å²) in [5.74, 6) is 1.13. The first-order valence-corrected chi connectivity index (χ1v) is 7.90. The van der Waals surface area contributed by atoms with Crippen LogP contribution in [0.25, 0.3) is 0 Å². The standard InChI is InChI=1S/C19H21N5/c1-12-8-9-16(14(3)10-12)22-19-23-18(11-20-24-19)21-17-7-5-6-13(2)15(17)4/h5-11H,1-4H3,(H2,21,22,23,24). The SMILES string of the molecule is Cc1ccc(Nc2nncc(Nc3cccc(C)c3C)n2)c(C)c1. The molecule has 0 saturated carbocycles. The fourth-order valence-corrected chi connectivity index (χ4v) is 2.52. The van der Waals surface area contributed by atoms with Crippen LogP contribution in [0, 0.1) is 27.7 Å². The molecule has 3 rings (SSSR count). The van der Waals surface area contributed by atoms with Gasteiger partial charge in [0.05, 0.1) is 6.20 Å². The number of hydrogen-bond acceptors (Lipinski definition) is 5. The molecule has 24 heavy (non-hydrogen) atoms. The van der Waals surface area contributed by atoms with Crippen molar-refractivity contribution in [2.24, 2.45) is 0 Å². The van der Waals surface area contributed by atoms with Crippen LogP contribution >= 0.6 is 0 Å². The number of benzene rings is 2. The molecule has 0 saturated heterocycles. The molecule has 0 aliphatic rings. The highest BCUT2D eigenvalue weighted by atomic mass is 15.3. The van der Waals surface area contributed by atoms with Gasteiger partial charge in [0.15, 0.2) is 5.82 Å². The van der Waals surface area contributed by atoms with E-state index in [2.05, 4.69) is 71.7 Å². The molecule has 0 spiro atoms. The van der Waals surface area contributed by atoms with Gasteiger partial charge in [-0.25, -0.2) is 0 Å². The summed E-state index contributed by atoms with van der Waals surface area (Å²) in [7, 11) is 0. The Balaban J connectivity index is 1.82. The molecule has 2 N–H and O–H groups in total. The lowest BCUT2D eigenvalue weighted by Gasteiger charge is -2.12. The highest BCUT2D eigenvalue weighted by molar-refractivity contribution is 5.63. The van der Waals surface area contributed by atoms with E-state index in [1.807, 2.05) is 18.2 Å². The second kappa shape index (κ2) is 6.66. The van der Waals surface area contributed by atoms with E-state index in [0.717, 1.165) is 16.9 Å². The molecule has 0 amide bonds. The van der Waals surface area contributed by atoms with Gasteiger partial charge in [0, 0.05) is 11.4 Å². The van der Waals surface area contributed by atoms with Crippen molar-refractivity contribution < 1.29 is 0 Å². The summed E-state index contributed by atoms with van der Waals surface area (Å²) in [6.07, 6.45) is 1.62. The highest BCUT2D eigenvalue weighted by Gasteiger charge is 2.06. The van der Waals surface area contributed by atoms with Crippen LogP contribution in [0.2, 0.25) is 0 Å². The molecule has 5 heteroatoms. The quantitative estimate of drug-likeness (QED) is 0.736. The minimum Gasteiger partial charge on any atom is -0.339 e. The van der Waals surface area contributed by atoms with Crippen molar-refractivity contribution in [3.05, 3.63) is 64.8 Å². The first kappa shape index (κ1) is 15.9. The van der Waals surface area contributed by atoms with Crippen LogP contribution in [0.4, 0.5) is 23.1 Å². The predicted octanol–water partition coefficient (Wildman–Crippen LogP) is 4.59. The number of aromatic nitrogens is 3. The normalized spacial score (nSPS) is 10.5. The van der Waals surface area contributed by atoms with E-state index in [-0.39, 0.29) is 0 Å². The summed E-state index contributed by atoms with van der Waals surface area (Å²) in [6, 6.07) is 12.3. The van der Waals surface area contributed by atoms with Crippen molar-refractivity contribution >= 4 is 23.1 Å². The summed E-state index contributed by atoms with van der Waals surface area (Å²) in [4.78, 5) is 4.50. The average Bonchev–Trinajstić information content (AvgIpc) is 2.55. The molecule has 0 aliphatic heterocycles. The lowest BCUT2D eigenvalue weighted by molar-refractivity contribution is 0.981. The minimum atomic E-state index is 0.470. The van der Waals surface area contributed by atoms with Gasteiger partial charge in [-0.3, -0.25) is 0 Å². The van der Waals surface area contributed by atoms with Crippen molar-refractivity contribution in [2.75, 3.05) is 10.6 Å². The first-order chi connectivity index (χ1) is 11.5. The number of aryl methyl sites for hydroxylation is 3. The smallest absolute Gasteiger partial charge is 0.249 e. The van der Waals surface area contributed by atoms with Gasteiger partial charge < -0.3 is 10.6 Å². The first-order valence-electron chi connectivity index (χ1n) is 7.90. The van der Waals surface area contributed by atoms with Crippen LogP contribution in [-0.2, 0) is 0 Å². The van der Waals surface area contributed by atoms with Gasteiger partial charge in [0.2, 0.25) is 5.95 Å². The molecule has 0 aliphatic carbocycles. The van der Waals surface area contributed by atoms with E-state index in [0.29, 0.717) is 11.8 Å². The number of anilines is 4. The number of nitrogens with one attached hydrogen (secondary N) is 2. The average molecular weight is 319 g/mol. The van der Waals surface area contributed by atoms with Crippen molar-refractivity contribution in [1.82, 2.24) is 15.2 Å². The van der Waals surface area contributed by atoms with Gasteiger partial charge in [0.25, 0.3) is 0 Å². The highest BCUT2D eigenvalue weighted by Crippen LogP contribution is 2.23. The van der Waals surface area contributed by atoms with E-state index in [4.69, 9.17) is 0 Å². The maximum atomic E-state index is 4.50.